The Hall–Kier alpha value is -1.27. The third kappa shape index (κ3) is 2.89. The second kappa shape index (κ2) is 4.54. The third-order valence-corrected chi connectivity index (χ3v) is 3.07. The van der Waals surface area contributed by atoms with Crippen LogP contribution in [-0.4, -0.2) is 41.1 Å². The molecule has 17 heavy (non-hydrogen) atoms. The van der Waals surface area contributed by atoms with Gasteiger partial charge in [-0.05, 0) is 11.8 Å². The van der Waals surface area contributed by atoms with Crippen molar-refractivity contribution >= 4 is 11.9 Å². The smallest absolute Gasteiger partial charge is 0.471 e. The standard InChI is InChI=1S/C10H14F3NO3/c1-5(2)6-3-14(4-7(6)8(15)16)9(17)10(11,12)13/h5-7H,3-4H2,1-2H3,(H,15,16)/t6-,7+/m0/s1. The van der Waals surface area contributed by atoms with Crippen molar-refractivity contribution in [3.05, 3.63) is 0 Å². The SMILES string of the molecule is CC(C)[C@@H]1CN(C(=O)C(F)(F)F)C[C@H]1C(=O)O. The van der Waals surface area contributed by atoms with Crippen molar-refractivity contribution in [1.82, 2.24) is 4.90 Å². The molecule has 98 valence electrons. The van der Waals surface area contributed by atoms with Crippen molar-refractivity contribution in [3.8, 4) is 0 Å². The molecule has 0 saturated carbocycles. The molecule has 4 nitrogen and oxygen atoms in total. The number of halogens is 3. The van der Waals surface area contributed by atoms with Crippen LogP contribution < -0.4 is 0 Å². The van der Waals surface area contributed by atoms with Gasteiger partial charge in [0.05, 0.1) is 5.92 Å². The van der Waals surface area contributed by atoms with Crippen LogP contribution in [0.3, 0.4) is 0 Å². The average Bonchev–Trinajstić information content (AvgIpc) is 2.59. The van der Waals surface area contributed by atoms with E-state index in [0.717, 1.165) is 0 Å². The number of aliphatic carboxylic acids is 1. The highest BCUT2D eigenvalue weighted by atomic mass is 19.4. The van der Waals surface area contributed by atoms with E-state index in [-0.39, 0.29) is 19.0 Å². The number of hydrogen-bond donors (Lipinski definition) is 1. The number of hydrogen-bond acceptors (Lipinski definition) is 2. The van der Waals surface area contributed by atoms with Gasteiger partial charge in [0.25, 0.3) is 0 Å². The van der Waals surface area contributed by atoms with Crippen molar-refractivity contribution in [2.75, 3.05) is 13.1 Å². The lowest BCUT2D eigenvalue weighted by molar-refractivity contribution is -0.184. The summed E-state index contributed by atoms with van der Waals surface area (Å²) >= 11 is 0. The molecule has 1 N–H and O–H groups in total. The molecule has 0 spiro atoms. The minimum Gasteiger partial charge on any atom is -0.481 e. The van der Waals surface area contributed by atoms with Crippen LogP contribution in [0.2, 0.25) is 0 Å². The largest absolute Gasteiger partial charge is 0.481 e. The highest BCUT2D eigenvalue weighted by Gasteiger charge is 2.49. The first-order chi connectivity index (χ1) is 7.64. The number of nitrogens with zero attached hydrogens (tertiary/aromatic N) is 1. The molecule has 1 rings (SSSR count). The van der Waals surface area contributed by atoms with Crippen molar-refractivity contribution in [2.24, 2.45) is 17.8 Å². The van der Waals surface area contributed by atoms with E-state index in [1.807, 2.05) is 0 Å². The number of carbonyl (C=O) groups is 2. The molecule has 0 aromatic rings. The molecule has 1 heterocycles. The van der Waals surface area contributed by atoms with E-state index >= 15 is 0 Å². The summed E-state index contributed by atoms with van der Waals surface area (Å²) in [5.74, 6) is -4.53. The number of likely N-dealkylation sites (tertiary alicyclic amines) is 1. The van der Waals surface area contributed by atoms with Crippen LogP contribution >= 0.6 is 0 Å². The van der Waals surface area contributed by atoms with Gasteiger partial charge in [-0.3, -0.25) is 9.59 Å². The molecular formula is C10H14F3NO3. The molecule has 0 aromatic heterocycles. The lowest BCUT2D eigenvalue weighted by atomic mass is 9.86. The Morgan fingerprint density at radius 3 is 2.12 bits per heavy atom. The predicted molar refractivity (Wildman–Crippen MR) is 52.1 cm³/mol. The Balaban J connectivity index is 2.83. The number of carboxylic acid groups (broad SMARTS) is 1. The molecule has 0 aliphatic carbocycles. The van der Waals surface area contributed by atoms with E-state index in [1.165, 1.54) is 0 Å². The van der Waals surface area contributed by atoms with Gasteiger partial charge in [-0.15, -0.1) is 0 Å². The topological polar surface area (TPSA) is 57.6 Å². The maximum absolute atomic E-state index is 12.2. The number of carboxylic acids is 1. The van der Waals surface area contributed by atoms with Crippen LogP contribution in [0, 0.1) is 17.8 Å². The van der Waals surface area contributed by atoms with Crippen LogP contribution in [0.4, 0.5) is 13.2 Å². The molecule has 1 aliphatic rings. The van der Waals surface area contributed by atoms with Crippen molar-refractivity contribution in [2.45, 2.75) is 20.0 Å². The van der Waals surface area contributed by atoms with Crippen LogP contribution in [0.1, 0.15) is 13.8 Å². The van der Waals surface area contributed by atoms with E-state index in [0.29, 0.717) is 4.90 Å². The molecule has 1 fully saturated rings. The average molecular weight is 253 g/mol. The maximum atomic E-state index is 12.2. The summed E-state index contributed by atoms with van der Waals surface area (Å²) in [7, 11) is 0. The summed E-state index contributed by atoms with van der Waals surface area (Å²) in [6, 6.07) is 0. The highest BCUT2D eigenvalue weighted by Crippen LogP contribution is 2.32. The first kappa shape index (κ1) is 13.8. The molecule has 0 bridgehead atoms. The highest BCUT2D eigenvalue weighted by molar-refractivity contribution is 5.83. The first-order valence-corrected chi connectivity index (χ1v) is 5.23. The molecule has 0 radical (unpaired) electrons. The summed E-state index contributed by atoms with van der Waals surface area (Å²) in [6.45, 7) is 2.97. The third-order valence-electron chi connectivity index (χ3n) is 3.07. The van der Waals surface area contributed by atoms with E-state index < -0.39 is 29.9 Å². The van der Waals surface area contributed by atoms with Crippen molar-refractivity contribution < 1.29 is 27.9 Å². The second-order valence-electron chi connectivity index (χ2n) is 4.56. The zero-order valence-corrected chi connectivity index (χ0v) is 9.49. The lowest BCUT2D eigenvalue weighted by Gasteiger charge is -2.19. The van der Waals surface area contributed by atoms with Crippen LogP contribution in [0.15, 0.2) is 0 Å². The predicted octanol–water partition coefficient (Wildman–Crippen LogP) is 1.36. The van der Waals surface area contributed by atoms with Gasteiger partial charge in [-0.1, -0.05) is 13.8 Å². The Kier molecular flexibility index (Phi) is 3.68. The Bertz CT molecular complexity index is 327. The molecule has 1 saturated heterocycles. The molecule has 1 aliphatic heterocycles. The molecule has 2 atom stereocenters. The van der Waals surface area contributed by atoms with E-state index in [4.69, 9.17) is 5.11 Å². The number of carbonyl (C=O) groups excluding carboxylic acids is 1. The minimum atomic E-state index is -4.94. The summed E-state index contributed by atoms with van der Waals surface area (Å²) in [5.41, 5.74) is 0. The Morgan fingerprint density at radius 2 is 1.82 bits per heavy atom. The number of amides is 1. The van der Waals surface area contributed by atoms with Gasteiger partial charge in [0.1, 0.15) is 0 Å². The fourth-order valence-electron chi connectivity index (χ4n) is 2.11. The van der Waals surface area contributed by atoms with Crippen LogP contribution in [0.25, 0.3) is 0 Å². The fourth-order valence-corrected chi connectivity index (χ4v) is 2.11. The minimum absolute atomic E-state index is 0.0814. The lowest BCUT2D eigenvalue weighted by Crippen LogP contribution is -2.40. The number of rotatable bonds is 2. The van der Waals surface area contributed by atoms with Gasteiger partial charge in [-0.2, -0.15) is 13.2 Å². The zero-order valence-electron chi connectivity index (χ0n) is 9.49. The fraction of sp³-hybridized carbons (Fsp3) is 0.800. The molecule has 0 aromatic carbocycles. The summed E-state index contributed by atoms with van der Waals surface area (Å²) < 4.78 is 36.7. The van der Waals surface area contributed by atoms with Crippen LogP contribution in [-0.2, 0) is 9.59 Å². The molecule has 0 unspecified atom stereocenters. The summed E-state index contributed by atoms with van der Waals surface area (Å²) in [6.07, 6.45) is -4.94. The van der Waals surface area contributed by atoms with Gasteiger partial charge in [0, 0.05) is 13.1 Å². The maximum Gasteiger partial charge on any atom is 0.471 e. The van der Waals surface area contributed by atoms with Gasteiger partial charge < -0.3 is 10.0 Å². The normalized spacial score (nSPS) is 25.4. The van der Waals surface area contributed by atoms with E-state index in [2.05, 4.69) is 0 Å². The molecular weight excluding hydrogens is 239 g/mol. The van der Waals surface area contributed by atoms with Gasteiger partial charge in [-0.25, -0.2) is 0 Å². The summed E-state index contributed by atoms with van der Waals surface area (Å²) in [4.78, 5) is 22.5. The summed E-state index contributed by atoms with van der Waals surface area (Å²) in [5, 5.41) is 8.92. The van der Waals surface area contributed by atoms with E-state index in [1.54, 1.807) is 13.8 Å². The number of alkyl halides is 3. The van der Waals surface area contributed by atoms with Crippen molar-refractivity contribution in [3.63, 3.8) is 0 Å². The van der Waals surface area contributed by atoms with Crippen molar-refractivity contribution in [1.29, 1.82) is 0 Å². The van der Waals surface area contributed by atoms with Gasteiger partial charge in [0.15, 0.2) is 0 Å². The molecule has 7 heteroatoms. The Morgan fingerprint density at radius 1 is 1.29 bits per heavy atom. The monoisotopic (exact) mass is 253 g/mol. The Labute approximate surface area is 96.4 Å². The second-order valence-corrected chi connectivity index (χ2v) is 4.56. The zero-order chi connectivity index (χ0) is 13.4. The van der Waals surface area contributed by atoms with Gasteiger partial charge in [0.2, 0.25) is 0 Å². The van der Waals surface area contributed by atoms with Crippen LogP contribution in [0.5, 0.6) is 0 Å². The van der Waals surface area contributed by atoms with Gasteiger partial charge >= 0.3 is 18.1 Å². The van der Waals surface area contributed by atoms with E-state index in [9.17, 15) is 22.8 Å². The first-order valence-electron chi connectivity index (χ1n) is 5.23. The quantitative estimate of drug-likeness (QED) is 0.808. The molecule has 1 amide bonds.